The van der Waals surface area contributed by atoms with E-state index in [-0.39, 0.29) is 10.6 Å². The summed E-state index contributed by atoms with van der Waals surface area (Å²) in [5.74, 6) is -0.608. The Morgan fingerprint density at radius 1 is 1.29 bits per heavy atom. The molecule has 1 rings (SSSR count). The van der Waals surface area contributed by atoms with E-state index < -0.39 is 26.1 Å². The minimum absolute atomic E-state index is 0.150. The number of ether oxygens (including phenoxy) is 1. The Morgan fingerprint density at radius 3 is 2.42 bits per heavy atom. The molecule has 0 aliphatic heterocycles. The molecule has 0 aliphatic rings. The van der Waals surface area contributed by atoms with Crippen molar-refractivity contribution in [2.45, 2.75) is 52.4 Å². The van der Waals surface area contributed by atoms with Crippen LogP contribution in [0.15, 0.2) is 23.1 Å². The van der Waals surface area contributed by atoms with Gasteiger partial charge >= 0.3 is 5.04 Å². The van der Waals surface area contributed by atoms with E-state index in [9.17, 15) is 18.7 Å². The van der Waals surface area contributed by atoms with E-state index in [0.717, 1.165) is 12.8 Å². The van der Waals surface area contributed by atoms with Crippen LogP contribution < -0.4 is 4.74 Å². The lowest BCUT2D eigenvalue weighted by atomic mass is 9.91. The number of sulfone groups is 1. The molecule has 0 fully saturated rings. The van der Waals surface area contributed by atoms with Gasteiger partial charge in [0.1, 0.15) is 10.6 Å². The van der Waals surface area contributed by atoms with Crippen molar-refractivity contribution in [2.24, 2.45) is 5.41 Å². The zero-order valence-corrected chi connectivity index (χ0v) is 15.6. The molecule has 0 bridgehead atoms. The third kappa shape index (κ3) is 4.52. The highest BCUT2D eigenvalue weighted by atomic mass is 32.2. The first-order valence-electron chi connectivity index (χ1n) is 7.81. The quantitative estimate of drug-likeness (QED) is 0.258. The largest absolute Gasteiger partial charge is 0.492 e. The second-order valence-electron chi connectivity index (χ2n) is 6.64. The minimum atomic E-state index is -4.30. The summed E-state index contributed by atoms with van der Waals surface area (Å²) in [6, 6.07) is 4.69. The predicted molar refractivity (Wildman–Crippen MR) is 91.9 cm³/mol. The Kier molecular flexibility index (Phi) is 6.46. The molecule has 0 N–H and O–H groups in total. The molecule has 24 heavy (non-hydrogen) atoms. The summed E-state index contributed by atoms with van der Waals surface area (Å²) < 4.78 is 31.3. The van der Waals surface area contributed by atoms with E-state index in [4.69, 9.17) is 4.74 Å². The smallest absolute Gasteiger partial charge is 0.452 e. The molecule has 132 valence electrons. The van der Waals surface area contributed by atoms with Gasteiger partial charge in [-0.2, -0.15) is 0 Å². The lowest BCUT2D eigenvalue weighted by molar-refractivity contribution is -0.123. The lowest BCUT2D eigenvalue weighted by Gasteiger charge is -2.15. The summed E-state index contributed by atoms with van der Waals surface area (Å²) in [5, 5.41) is -0.874. The Labute approximate surface area is 143 Å². The Bertz CT molecular complexity index is 770. The van der Waals surface area contributed by atoms with Crippen molar-refractivity contribution in [2.75, 3.05) is 6.61 Å². The molecule has 0 heterocycles. The third-order valence-electron chi connectivity index (χ3n) is 3.36. The number of unbranched alkanes of at least 4 members (excludes halogenated alkanes) is 1. The fourth-order valence-electron chi connectivity index (χ4n) is 1.92. The van der Waals surface area contributed by atoms with Crippen LogP contribution in [0.25, 0.3) is 5.53 Å². The fourth-order valence-corrected chi connectivity index (χ4v) is 3.52. The van der Waals surface area contributed by atoms with Crippen molar-refractivity contribution >= 4 is 20.7 Å². The third-order valence-corrected chi connectivity index (χ3v) is 5.04. The van der Waals surface area contributed by atoms with Crippen LogP contribution in [0.5, 0.6) is 5.75 Å². The number of benzene rings is 1. The average molecular weight is 352 g/mol. The maximum atomic E-state index is 12.9. The Hall–Kier alpha value is -1.98. The van der Waals surface area contributed by atoms with Crippen molar-refractivity contribution in [3.63, 3.8) is 0 Å². The van der Waals surface area contributed by atoms with E-state index in [1.807, 2.05) is 6.92 Å². The summed E-state index contributed by atoms with van der Waals surface area (Å²) in [6.45, 7) is 8.77. The standard InChI is InChI=1S/C17H24N2O4S/c1-6-7-10-23-13-9-8-12(2)11-14(13)24(21,22)16(19-18)15(20)17(3,4)5/h8-9,11H,6-7,10H2,1-5H3. The second kappa shape index (κ2) is 7.73. The molecule has 0 unspecified atom stereocenters. The summed E-state index contributed by atoms with van der Waals surface area (Å²) in [7, 11) is -4.30. The summed E-state index contributed by atoms with van der Waals surface area (Å²) >= 11 is 0. The van der Waals surface area contributed by atoms with Crippen LogP contribution in [0.4, 0.5) is 0 Å². The number of nitrogens with zero attached hydrogens (tertiary/aromatic N) is 2. The minimum Gasteiger partial charge on any atom is -0.492 e. The van der Waals surface area contributed by atoms with Crippen LogP contribution >= 0.6 is 0 Å². The van der Waals surface area contributed by atoms with E-state index in [2.05, 4.69) is 4.79 Å². The summed E-state index contributed by atoms with van der Waals surface area (Å²) in [6.07, 6.45) is 1.68. The van der Waals surface area contributed by atoms with Gasteiger partial charge < -0.3 is 10.3 Å². The number of carbonyl (C=O) groups excluding carboxylic acids is 1. The van der Waals surface area contributed by atoms with Crippen LogP contribution in [-0.2, 0) is 14.6 Å². The highest BCUT2D eigenvalue weighted by molar-refractivity contribution is 8.08. The predicted octanol–water partition coefficient (Wildman–Crippen LogP) is 3.19. The zero-order valence-electron chi connectivity index (χ0n) is 14.8. The molecule has 1 aromatic rings. The number of carbonyl (C=O) groups is 1. The van der Waals surface area contributed by atoms with Crippen molar-refractivity contribution in [1.29, 1.82) is 0 Å². The number of aryl methyl sites for hydroxylation is 1. The van der Waals surface area contributed by atoms with Gasteiger partial charge in [0, 0.05) is 5.41 Å². The zero-order chi connectivity index (χ0) is 18.5. The van der Waals surface area contributed by atoms with Crippen LogP contribution in [0.2, 0.25) is 0 Å². The first kappa shape index (κ1) is 20.1. The fraction of sp³-hybridized carbons (Fsp3) is 0.529. The second-order valence-corrected chi connectivity index (χ2v) is 8.47. The van der Waals surface area contributed by atoms with Crippen molar-refractivity contribution < 1.29 is 22.7 Å². The average Bonchev–Trinajstić information content (AvgIpc) is 2.48. The van der Waals surface area contributed by atoms with Gasteiger partial charge in [0.2, 0.25) is 0 Å². The van der Waals surface area contributed by atoms with E-state index >= 15 is 0 Å². The van der Waals surface area contributed by atoms with Gasteiger partial charge in [-0.15, -0.1) is 4.79 Å². The molecular weight excluding hydrogens is 328 g/mol. The molecule has 1 aromatic carbocycles. The van der Waals surface area contributed by atoms with E-state index in [0.29, 0.717) is 12.2 Å². The van der Waals surface area contributed by atoms with Crippen molar-refractivity contribution in [1.82, 2.24) is 0 Å². The normalized spacial score (nSPS) is 11.7. The Morgan fingerprint density at radius 2 is 1.92 bits per heavy atom. The van der Waals surface area contributed by atoms with Gasteiger partial charge in [0.25, 0.3) is 15.6 Å². The molecule has 6 nitrogen and oxygen atoms in total. The van der Waals surface area contributed by atoms with Crippen LogP contribution in [0.1, 0.15) is 46.1 Å². The number of hydrogen-bond donors (Lipinski definition) is 0. The van der Waals surface area contributed by atoms with Crippen molar-refractivity contribution in [3.05, 3.63) is 29.3 Å². The summed E-state index contributed by atoms with van der Waals surface area (Å²) in [5.41, 5.74) is 8.87. The van der Waals surface area contributed by atoms with E-state index in [1.54, 1.807) is 39.8 Å². The lowest BCUT2D eigenvalue weighted by Crippen LogP contribution is -2.35. The molecule has 0 spiro atoms. The van der Waals surface area contributed by atoms with Gasteiger partial charge in [0.05, 0.1) is 6.61 Å². The highest BCUT2D eigenvalue weighted by Gasteiger charge is 2.44. The molecule has 0 radical (unpaired) electrons. The number of Topliss-reactive ketones (excluding diaryl/α,β-unsaturated/α-hetero) is 1. The number of ketones is 1. The highest BCUT2D eigenvalue weighted by Crippen LogP contribution is 2.29. The molecule has 0 saturated carbocycles. The molecule has 0 aliphatic carbocycles. The van der Waals surface area contributed by atoms with Crippen LogP contribution in [0, 0.1) is 12.3 Å². The SMILES string of the molecule is CCCCOc1ccc(C)cc1S(=O)(=O)C(=[N+]=[N-])C(=O)C(C)(C)C. The molecule has 7 heteroatoms. The number of hydrogen-bond acceptors (Lipinski definition) is 4. The first-order chi connectivity index (χ1) is 11.1. The molecule has 0 amide bonds. The molecule has 0 aromatic heterocycles. The first-order valence-corrected chi connectivity index (χ1v) is 9.29. The van der Waals surface area contributed by atoms with Crippen LogP contribution in [-0.4, -0.2) is 30.6 Å². The van der Waals surface area contributed by atoms with Gasteiger partial charge in [-0.25, -0.2) is 8.42 Å². The van der Waals surface area contributed by atoms with Gasteiger partial charge in [-0.1, -0.05) is 40.2 Å². The van der Waals surface area contributed by atoms with Crippen molar-refractivity contribution in [3.8, 4) is 5.75 Å². The van der Waals surface area contributed by atoms with Crippen LogP contribution in [0.3, 0.4) is 0 Å². The van der Waals surface area contributed by atoms with Gasteiger partial charge in [0.15, 0.2) is 0 Å². The molecular formula is C17H24N2O4S. The van der Waals surface area contributed by atoms with E-state index in [1.165, 1.54) is 6.07 Å². The molecule has 0 atom stereocenters. The maximum absolute atomic E-state index is 12.9. The van der Waals surface area contributed by atoms with Gasteiger partial charge in [-0.3, -0.25) is 4.79 Å². The monoisotopic (exact) mass is 352 g/mol. The van der Waals surface area contributed by atoms with Gasteiger partial charge in [-0.05, 0) is 31.0 Å². The number of rotatable bonds is 6. The summed E-state index contributed by atoms with van der Waals surface area (Å²) in [4.78, 5) is 15.0. The molecule has 0 saturated heterocycles. The topological polar surface area (TPSA) is 96.8 Å². The Balaban J connectivity index is 3.43. The maximum Gasteiger partial charge on any atom is 0.452 e.